The zero-order chi connectivity index (χ0) is 17.8. The average Bonchev–Trinajstić information content (AvgIpc) is 3.35. The van der Waals surface area contributed by atoms with Crippen molar-refractivity contribution in [2.24, 2.45) is 0 Å². The van der Waals surface area contributed by atoms with Gasteiger partial charge in [-0.2, -0.15) is 0 Å². The Hall–Kier alpha value is -3.25. The Morgan fingerprint density at radius 1 is 1.00 bits per heavy atom. The number of nitrogens with zero attached hydrogens (tertiary/aromatic N) is 2. The maximum absolute atomic E-state index is 12.0. The lowest BCUT2D eigenvalue weighted by Crippen LogP contribution is -2.10. The van der Waals surface area contributed by atoms with Crippen LogP contribution < -0.4 is 5.32 Å². The summed E-state index contributed by atoms with van der Waals surface area (Å²) in [6.07, 6.45) is 2.33. The summed E-state index contributed by atoms with van der Waals surface area (Å²) in [7, 11) is 0. The van der Waals surface area contributed by atoms with Crippen molar-refractivity contribution in [3.8, 4) is 11.3 Å². The number of benzene rings is 2. The SMILES string of the molecule is O=C(Nc1nc(-c2ccc(Cc3ccccc3)cc2)cs1)c1ccno1. The standard InChI is InChI=1S/C20H15N3O2S/c24-19(18-10-11-21-25-18)23-20-22-17(13-26-20)16-8-6-15(7-9-16)12-14-4-2-1-3-5-14/h1-11,13H,12H2,(H,22,23,24). The van der Waals surface area contributed by atoms with Gasteiger partial charge in [-0.05, 0) is 17.5 Å². The Morgan fingerprint density at radius 3 is 2.50 bits per heavy atom. The van der Waals surface area contributed by atoms with Crippen molar-refractivity contribution in [1.82, 2.24) is 10.1 Å². The third kappa shape index (κ3) is 3.70. The van der Waals surface area contributed by atoms with Crippen molar-refractivity contribution in [3.05, 3.63) is 89.1 Å². The lowest BCUT2D eigenvalue weighted by atomic mass is 10.0. The van der Waals surface area contributed by atoms with Gasteiger partial charge in [0.2, 0.25) is 5.76 Å². The van der Waals surface area contributed by atoms with Crippen LogP contribution in [0.25, 0.3) is 11.3 Å². The van der Waals surface area contributed by atoms with Crippen LogP contribution in [0.3, 0.4) is 0 Å². The molecule has 1 N–H and O–H groups in total. The molecular weight excluding hydrogens is 346 g/mol. The van der Waals surface area contributed by atoms with Crippen molar-refractivity contribution in [2.75, 3.05) is 5.32 Å². The molecule has 128 valence electrons. The number of hydrogen-bond donors (Lipinski definition) is 1. The topological polar surface area (TPSA) is 68.0 Å². The van der Waals surface area contributed by atoms with Crippen LogP contribution in [-0.4, -0.2) is 16.0 Å². The van der Waals surface area contributed by atoms with Gasteiger partial charge in [-0.25, -0.2) is 4.98 Å². The molecule has 0 radical (unpaired) electrons. The van der Waals surface area contributed by atoms with E-state index in [9.17, 15) is 4.79 Å². The second-order valence-electron chi connectivity index (χ2n) is 5.73. The van der Waals surface area contributed by atoms with E-state index in [1.807, 2.05) is 23.6 Å². The van der Waals surface area contributed by atoms with Crippen LogP contribution in [-0.2, 0) is 6.42 Å². The van der Waals surface area contributed by atoms with Gasteiger partial charge in [-0.15, -0.1) is 11.3 Å². The fourth-order valence-corrected chi connectivity index (χ4v) is 3.30. The first kappa shape index (κ1) is 16.2. The fraction of sp³-hybridized carbons (Fsp3) is 0.0500. The van der Waals surface area contributed by atoms with Crippen molar-refractivity contribution in [1.29, 1.82) is 0 Å². The molecule has 4 aromatic rings. The largest absolute Gasteiger partial charge is 0.351 e. The molecule has 1 amide bonds. The molecule has 0 aliphatic rings. The highest BCUT2D eigenvalue weighted by atomic mass is 32.1. The maximum Gasteiger partial charge on any atom is 0.296 e. The first-order chi connectivity index (χ1) is 12.8. The molecule has 0 spiro atoms. The number of rotatable bonds is 5. The van der Waals surface area contributed by atoms with Crippen LogP contribution in [0, 0.1) is 0 Å². The van der Waals surface area contributed by atoms with Crippen molar-refractivity contribution in [2.45, 2.75) is 6.42 Å². The quantitative estimate of drug-likeness (QED) is 0.562. The van der Waals surface area contributed by atoms with E-state index in [0.29, 0.717) is 5.13 Å². The lowest BCUT2D eigenvalue weighted by Gasteiger charge is -2.03. The number of hydrogen-bond acceptors (Lipinski definition) is 5. The highest BCUT2D eigenvalue weighted by Gasteiger charge is 2.12. The van der Waals surface area contributed by atoms with Gasteiger partial charge >= 0.3 is 0 Å². The van der Waals surface area contributed by atoms with Crippen molar-refractivity contribution >= 4 is 22.4 Å². The molecule has 0 aliphatic carbocycles. The van der Waals surface area contributed by atoms with Crippen LogP contribution >= 0.6 is 11.3 Å². The Bertz CT molecular complexity index is 993. The van der Waals surface area contributed by atoms with Gasteiger partial charge in [0.25, 0.3) is 5.91 Å². The first-order valence-corrected chi connectivity index (χ1v) is 8.97. The summed E-state index contributed by atoms with van der Waals surface area (Å²) >= 11 is 1.37. The van der Waals surface area contributed by atoms with Gasteiger partial charge in [0.05, 0.1) is 11.9 Å². The van der Waals surface area contributed by atoms with Crippen LogP contribution in [0.2, 0.25) is 0 Å². The minimum Gasteiger partial charge on any atom is -0.351 e. The zero-order valence-electron chi connectivity index (χ0n) is 13.8. The molecule has 2 aromatic carbocycles. The third-order valence-corrected chi connectivity index (χ3v) is 4.64. The minimum absolute atomic E-state index is 0.159. The molecular formula is C20H15N3O2S. The Balaban J connectivity index is 1.45. The van der Waals surface area contributed by atoms with Gasteiger partial charge in [-0.1, -0.05) is 59.8 Å². The van der Waals surface area contributed by atoms with Gasteiger partial charge < -0.3 is 4.52 Å². The van der Waals surface area contributed by atoms with Crippen molar-refractivity contribution < 1.29 is 9.32 Å². The normalized spacial score (nSPS) is 10.6. The molecule has 4 rings (SSSR count). The van der Waals surface area contributed by atoms with Gasteiger partial charge in [0.1, 0.15) is 0 Å². The van der Waals surface area contributed by atoms with E-state index in [1.54, 1.807) is 0 Å². The highest BCUT2D eigenvalue weighted by Crippen LogP contribution is 2.26. The maximum atomic E-state index is 12.0. The molecule has 26 heavy (non-hydrogen) atoms. The van der Waals surface area contributed by atoms with Crippen LogP contribution in [0.1, 0.15) is 21.7 Å². The number of carbonyl (C=O) groups excluding carboxylic acids is 1. The van der Waals surface area contributed by atoms with Gasteiger partial charge in [0, 0.05) is 17.0 Å². The summed E-state index contributed by atoms with van der Waals surface area (Å²) in [6.45, 7) is 0. The number of amides is 1. The Morgan fingerprint density at radius 2 is 1.77 bits per heavy atom. The first-order valence-electron chi connectivity index (χ1n) is 8.09. The lowest BCUT2D eigenvalue weighted by molar-refractivity contribution is 0.0988. The van der Waals surface area contributed by atoms with E-state index in [1.165, 1.54) is 34.7 Å². The number of thiazole rings is 1. The van der Waals surface area contributed by atoms with Crippen LogP contribution in [0.4, 0.5) is 5.13 Å². The predicted molar refractivity (Wildman–Crippen MR) is 101 cm³/mol. The molecule has 2 heterocycles. The zero-order valence-corrected chi connectivity index (χ0v) is 14.6. The third-order valence-electron chi connectivity index (χ3n) is 3.89. The summed E-state index contributed by atoms with van der Waals surface area (Å²) < 4.78 is 4.84. The molecule has 2 aromatic heterocycles. The Kier molecular flexibility index (Phi) is 4.57. The molecule has 0 saturated carbocycles. The molecule has 0 fully saturated rings. The van der Waals surface area contributed by atoms with Crippen LogP contribution in [0.15, 0.2) is 76.8 Å². The molecule has 0 saturated heterocycles. The fourth-order valence-electron chi connectivity index (χ4n) is 2.58. The second-order valence-corrected chi connectivity index (χ2v) is 6.59. The monoisotopic (exact) mass is 361 g/mol. The minimum atomic E-state index is -0.360. The predicted octanol–water partition coefficient (Wildman–Crippen LogP) is 4.64. The second kappa shape index (κ2) is 7.33. The van der Waals surface area contributed by atoms with E-state index in [0.717, 1.165) is 17.7 Å². The molecule has 0 atom stereocenters. The summed E-state index contributed by atoms with van der Waals surface area (Å²) in [5.74, 6) is -0.200. The number of carbonyl (C=O) groups is 1. The molecule has 6 heteroatoms. The molecule has 0 bridgehead atoms. The van der Waals surface area contributed by atoms with Gasteiger partial charge in [0.15, 0.2) is 5.13 Å². The summed E-state index contributed by atoms with van der Waals surface area (Å²) in [4.78, 5) is 16.4. The summed E-state index contributed by atoms with van der Waals surface area (Å²) in [6, 6.07) is 20.2. The smallest absolute Gasteiger partial charge is 0.296 e. The van der Waals surface area contributed by atoms with Crippen molar-refractivity contribution in [3.63, 3.8) is 0 Å². The van der Waals surface area contributed by atoms with E-state index in [4.69, 9.17) is 4.52 Å². The van der Waals surface area contributed by atoms with Crippen LogP contribution in [0.5, 0.6) is 0 Å². The highest BCUT2D eigenvalue weighted by molar-refractivity contribution is 7.14. The van der Waals surface area contributed by atoms with Gasteiger partial charge in [-0.3, -0.25) is 10.1 Å². The summed E-state index contributed by atoms with van der Waals surface area (Å²) in [5, 5.41) is 8.68. The number of aromatic nitrogens is 2. The van der Waals surface area contributed by atoms with E-state index in [2.05, 4.69) is 51.9 Å². The summed E-state index contributed by atoms with van der Waals surface area (Å²) in [5.41, 5.74) is 4.37. The van der Waals surface area contributed by atoms with E-state index < -0.39 is 0 Å². The number of nitrogens with one attached hydrogen (secondary N) is 1. The number of anilines is 1. The molecule has 0 unspecified atom stereocenters. The Labute approximate surface area is 154 Å². The molecule has 0 aliphatic heterocycles. The van der Waals surface area contributed by atoms with E-state index >= 15 is 0 Å². The average molecular weight is 361 g/mol. The molecule has 5 nitrogen and oxygen atoms in total. The van der Waals surface area contributed by atoms with E-state index in [-0.39, 0.29) is 11.7 Å².